The summed E-state index contributed by atoms with van der Waals surface area (Å²) in [4.78, 5) is 30.7. The van der Waals surface area contributed by atoms with Gasteiger partial charge in [0, 0.05) is 12.1 Å². The number of hydrogen-bond acceptors (Lipinski definition) is 5. The van der Waals surface area contributed by atoms with E-state index in [-0.39, 0.29) is 11.3 Å². The van der Waals surface area contributed by atoms with E-state index in [1.807, 2.05) is 0 Å². The maximum absolute atomic E-state index is 11.5. The summed E-state index contributed by atoms with van der Waals surface area (Å²) in [6.07, 6.45) is 0. The summed E-state index contributed by atoms with van der Waals surface area (Å²) in [7, 11) is 0. The summed E-state index contributed by atoms with van der Waals surface area (Å²) < 4.78 is 0. The van der Waals surface area contributed by atoms with Crippen LogP contribution < -0.4 is 0 Å². The lowest BCUT2D eigenvalue weighted by atomic mass is 10.2. The lowest BCUT2D eigenvalue weighted by Crippen LogP contribution is -2.21. The molecule has 1 aromatic rings. The maximum Gasteiger partial charge on any atom is 0.373 e. The van der Waals surface area contributed by atoms with Crippen molar-refractivity contribution in [1.82, 2.24) is 0 Å². The van der Waals surface area contributed by atoms with E-state index in [9.17, 15) is 14.9 Å². The smallest absolute Gasteiger partial charge is 0.292 e. The fourth-order valence-corrected chi connectivity index (χ4v) is 0.930. The number of rotatable bonds is 3. The summed E-state index contributed by atoms with van der Waals surface area (Å²) in [5, 5.41) is 10.4. The first-order valence-corrected chi connectivity index (χ1v) is 4.94. The van der Waals surface area contributed by atoms with E-state index in [0.717, 1.165) is 0 Å². The third kappa shape index (κ3) is 4.20. The highest BCUT2D eigenvalue weighted by molar-refractivity contribution is 5.89. The van der Waals surface area contributed by atoms with Gasteiger partial charge in [0.2, 0.25) is 0 Å². The molecule has 1 rings (SSSR count). The van der Waals surface area contributed by atoms with Crippen LogP contribution in [0.15, 0.2) is 24.3 Å². The third-order valence-electron chi connectivity index (χ3n) is 1.68. The molecule has 0 aliphatic heterocycles. The number of carbonyl (C=O) groups is 1. The van der Waals surface area contributed by atoms with Crippen LogP contribution in [0.1, 0.15) is 31.1 Å². The lowest BCUT2D eigenvalue weighted by Gasteiger charge is -2.16. The minimum absolute atomic E-state index is 0.0849. The van der Waals surface area contributed by atoms with Gasteiger partial charge in [-0.3, -0.25) is 15.0 Å². The highest BCUT2D eigenvalue weighted by Gasteiger charge is 2.17. The molecule has 0 radical (unpaired) electrons. The van der Waals surface area contributed by atoms with Gasteiger partial charge in [0.05, 0.1) is 10.5 Å². The highest BCUT2D eigenvalue weighted by atomic mass is 17.2. The molecule has 6 heteroatoms. The van der Waals surface area contributed by atoms with Crippen LogP contribution in [0, 0.1) is 10.1 Å². The highest BCUT2D eigenvalue weighted by Crippen LogP contribution is 2.14. The Morgan fingerprint density at radius 2 is 1.76 bits per heavy atom. The molecular formula is C11H13NO5. The number of nitrogens with zero attached hydrogens (tertiary/aromatic N) is 1. The molecule has 0 atom stereocenters. The molecule has 0 spiro atoms. The Kier molecular flexibility index (Phi) is 3.80. The number of nitro groups is 1. The number of nitro benzene ring substituents is 1. The summed E-state index contributed by atoms with van der Waals surface area (Å²) >= 11 is 0. The van der Waals surface area contributed by atoms with Gasteiger partial charge in [0.25, 0.3) is 5.69 Å². The molecule has 0 aliphatic carbocycles. The Labute approximate surface area is 98.2 Å². The van der Waals surface area contributed by atoms with E-state index in [1.54, 1.807) is 20.8 Å². The van der Waals surface area contributed by atoms with Crippen LogP contribution in [0.4, 0.5) is 5.69 Å². The zero-order valence-corrected chi connectivity index (χ0v) is 9.80. The Morgan fingerprint density at radius 3 is 2.18 bits per heavy atom. The molecule has 1 aromatic carbocycles. The van der Waals surface area contributed by atoms with Crippen LogP contribution in [-0.2, 0) is 9.78 Å². The first-order valence-electron chi connectivity index (χ1n) is 4.94. The average Bonchev–Trinajstić information content (AvgIpc) is 2.25. The largest absolute Gasteiger partial charge is 0.373 e. The molecule has 6 nitrogen and oxygen atoms in total. The summed E-state index contributed by atoms with van der Waals surface area (Å²) in [6.45, 7) is 5.20. The van der Waals surface area contributed by atoms with E-state index in [4.69, 9.17) is 4.89 Å². The van der Waals surface area contributed by atoms with Crippen molar-refractivity contribution < 1.29 is 19.5 Å². The Bertz CT molecular complexity index is 418. The van der Waals surface area contributed by atoms with Crippen LogP contribution in [0.2, 0.25) is 0 Å². The van der Waals surface area contributed by atoms with Crippen LogP contribution in [-0.4, -0.2) is 16.5 Å². The molecule has 0 saturated heterocycles. The molecule has 0 unspecified atom stereocenters. The van der Waals surface area contributed by atoms with Gasteiger partial charge >= 0.3 is 5.97 Å². The van der Waals surface area contributed by atoms with Crippen LogP contribution in [0.5, 0.6) is 0 Å². The maximum atomic E-state index is 11.5. The standard InChI is InChI=1S/C11H13NO5/c1-11(2,3)17-16-10(13)8-4-6-9(7-5-8)12(14)15/h4-7H,1-3H3. The van der Waals surface area contributed by atoms with E-state index >= 15 is 0 Å². The van der Waals surface area contributed by atoms with Crippen molar-refractivity contribution in [3.8, 4) is 0 Å². The SMILES string of the molecule is CC(C)(C)OOC(=O)c1ccc([N+](=O)[O-])cc1. The molecule has 92 valence electrons. The van der Waals surface area contributed by atoms with Gasteiger partial charge in [0.1, 0.15) is 5.60 Å². The first-order chi connectivity index (χ1) is 7.79. The number of benzene rings is 1. The summed E-state index contributed by atoms with van der Waals surface area (Å²) in [5.41, 5.74) is -0.491. The second kappa shape index (κ2) is 4.92. The van der Waals surface area contributed by atoms with Gasteiger partial charge in [-0.15, -0.1) is 0 Å². The molecule has 0 aromatic heterocycles. The second-order valence-electron chi connectivity index (χ2n) is 4.37. The molecule has 0 N–H and O–H groups in total. The fourth-order valence-electron chi connectivity index (χ4n) is 0.930. The van der Waals surface area contributed by atoms with Gasteiger partial charge in [-0.25, -0.2) is 4.79 Å². The van der Waals surface area contributed by atoms with Crippen LogP contribution >= 0.6 is 0 Å². The topological polar surface area (TPSA) is 78.7 Å². The third-order valence-corrected chi connectivity index (χ3v) is 1.68. The van der Waals surface area contributed by atoms with E-state index in [0.29, 0.717) is 0 Å². The van der Waals surface area contributed by atoms with Crippen molar-refractivity contribution in [2.45, 2.75) is 26.4 Å². The number of carbonyl (C=O) groups excluding carboxylic acids is 1. The van der Waals surface area contributed by atoms with Crippen molar-refractivity contribution in [1.29, 1.82) is 0 Å². The van der Waals surface area contributed by atoms with Gasteiger partial charge in [0.15, 0.2) is 0 Å². The monoisotopic (exact) mass is 239 g/mol. The minimum Gasteiger partial charge on any atom is -0.292 e. The normalized spacial score (nSPS) is 11.0. The van der Waals surface area contributed by atoms with Crippen molar-refractivity contribution in [3.05, 3.63) is 39.9 Å². The van der Waals surface area contributed by atoms with E-state index < -0.39 is 16.5 Å². The molecule has 0 aliphatic rings. The van der Waals surface area contributed by atoms with E-state index in [2.05, 4.69) is 4.89 Å². The predicted molar refractivity (Wildman–Crippen MR) is 59.3 cm³/mol. The van der Waals surface area contributed by atoms with Crippen LogP contribution in [0.25, 0.3) is 0 Å². The first kappa shape index (κ1) is 13.1. The number of non-ortho nitro benzene ring substituents is 1. The molecule has 0 heterocycles. The Hall–Kier alpha value is -1.95. The molecule has 0 amide bonds. The van der Waals surface area contributed by atoms with Crippen molar-refractivity contribution in [2.24, 2.45) is 0 Å². The van der Waals surface area contributed by atoms with Crippen molar-refractivity contribution in [3.63, 3.8) is 0 Å². The molecule has 0 saturated carbocycles. The lowest BCUT2D eigenvalue weighted by molar-refractivity contribution is -0.384. The zero-order chi connectivity index (χ0) is 13.1. The molecule has 17 heavy (non-hydrogen) atoms. The molecule has 0 bridgehead atoms. The zero-order valence-electron chi connectivity index (χ0n) is 9.80. The van der Waals surface area contributed by atoms with Gasteiger partial charge in [-0.05, 0) is 32.9 Å². The van der Waals surface area contributed by atoms with Gasteiger partial charge < -0.3 is 0 Å². The molecule has 0 fully saturated rings. The number of hydrogen-bond donors (Lipinski definition) is 0. The predicted octanol–water partition coefficient (Wildman–Crippen LogP) is 2.48. The van der Waals surface area contributed by atoms with Crippen molar-refractivity contribution >= 4 is 11.7 Å². The van der Waals surface area contributed by atoms with Gasteiger partial charge in [-0.1, -0.05) is 0 Å². The summed E-state index contributed by atoms with van der Waals surface area (Å²) in [5.74, 6) is -0.685. The van der Waals surface area contributed by atoms with E-state index in [1.165, 1.54) is 24.3 Å². The van der Waals surface area contributed by atoms with Crippen molar-refractivity contribution in [2.75, 3.05) is 0 Å². The fraction of sp³-hybridized carbons (Fsp3) is 0.364. The molecular weight excluding hydrogens is 226 g/mol. The minimum atomic E-state index is -0.685. The van der Waals surface area contributed by atoms with Crippen LogP contribution in [0.3, 0.4) is 0 Å². The second-order valence-corrected chi connectivity index (χ2v) is 4.37. The van der Waals surface area contributed by atoms with Gasteiger partial charge in [-0.2, -0.15) is 4.89 Å². The quantitative estimate of drug-likeness (QED) is 0.460. The summed E-state index contributed by atoms with van der Waals surface area (Å²) in [6, 6.07) is 5.08. The Morgan fingerprint density at radius 1 is 1.24 bits per heavy atom. The Balaban J connectivity index is 2.67. The average molecular weight is 239 g/mol.